The van der Waals surface area contributed by atoms with Gasteiger partial charge in [0.25, 0.3) is 0 Å². The Hall–Kier alpha value is -3.57. The third-order valence-electron chi connectivity index (χ3n) is 5.06. The predicted octanol–water partition coefficient (Wildman–Crippen LogP) is 5.80. The van der Waals surface area contributed by atoms with E-state index in [1.165, 1.54) is 11.1 Å². The Morgan fingerprint density at radius 1 is 1.09 bits per heavy atom. The number of pyridine rings is 2. The van der Waals surface area contributed by atoms with Crippen LogP contribution in [0.25, 0.3) is 17.0 Å². The van der Waals surface area contributed by atoms with Crippen LogP contribution in [0.2, 0.25) is 0 Å². The molecule has 0 radical (unpaired) electrons. The number of aryl methyl sites for hydroxylation is 2. The molecule has 0 spiro atoms. The molecule has 0 unspecified atom stereocenters. The average molecular weight is 427 g/mol. The van der Waals surface area contributed by atoms with E-state index in [4.69, 9.17) is 5.11 Å². The zero-order chi connectivity index (χ0) is 22.9. The van der Waals surface area contributed by atoms with E-state index in [2.05, 4.69) is 41.0 Å². The van der Waals surface area contributed by atoms with Gasteiger partial charge in [0.1, 0.15) is 11.3 Å². The largest absolute Gasteiger partial charge is 0.392 e. The molecule has 0 atom stereocenters. The highest BCUT2D eigenvalue weighted by molar-refractivity contribution is 6.03. The van der Waals surface area contributed by atoms with E-state index in [9.17, 15) is 0 Å². The number of nitrogens with zero attached hydrogens (tertiary/aromatic N) is 4. The molecule has 0 saturated heterocycles. The second-order valence-electron chi connectivity index (χ2n) is 7.59. The van der Waals surface area contributed by atoms with E-state index in [-0.39, 0.29) is 6.61 Å². The predicted molar refractivity (Wildman–Crippen MR) is 133 cm³/mol. The number of allylic oxidation sites excluding steroid dienone is 6. The fraction of sp³-hybridized carbons (Fsp3) is 0.222. The monoisotopic (exact) mass is 426 g/mol. The number of imidazole rings is 1. The smallest absolute Gasteiger partial charge is 0.140 e. The van der Waals surface area contributed by atoms with Crippen LogP contribution in [-0.4, -0.2) is 31.8 Å². The first-order valence-electron chi connectivity index (χ1n) is 10.7. The van der Waals surface area contributed by atoms with E-state index in [1.54, 1.807) is 6.08 Å². The fourth-order valence-corrected chi connectivity index (χ4v) is 3.32. The molecule has 4 rings (SSSR count). The molecule has 0 aromatic carbocycles. The molecular weight excluding hydrogens is 396 g/mol. The van der Waals surface area contributed by atoms with Crippen molar-refractivity contribution in [1.82, 2.24) is 14.4 Å². The number of fused-ring (bicyclic) bond motifs is 1. The van der Waals surface area contributed by atoms with Crippen molar-refractivity contribution in [2.24, 2.45) is 4.99 Å². The molecule has 164 valence electrons. The van der Waals surface area contributed by atoms with Gasteiger partial charge in [-0.15, -0.1) is 0 Å². The summed E-state index contributed by atoms with van der Waals surface area (Å²) in [4.78, 5) is 13.5. The standard InChI is InChI=1S/C14H13N3.C13H17NO/c1-10-5-4-8-17-9-13(16-14(10)17)12-7-3-6-11(2)15-12;1-3-12(5-4-10-15)13-7-6-11(2)8-9-14-13/h3-9H,1-2H3;3-6,8-9,15H,7,10H2,1-2H3/b;5-4-,12-3+. The summed E-state index contributed by atoms with van der Waals surface area (Å²) in [6, 6.07) is 10.1. The lowest BCUT2D eigenvalue weighted by Crippen LogP contribution is -1.99. The summed E-state index contributed by atoms with van der Waals surface area (Å²) in [5, 5.41) is 8.73. The average Bonchev–Trinajstić information content (AvgIpc) is 3.13. The van der Waals surface area contributed by atoms with Crippen molar-refractivity contribution in [2.45, 2.75) is 34.1 Å². The zero-order valence-electron chi connectivity index (χ0n) is 19.2. The number of hydrogen-bond donors (Lipinski definition) is 1. The number of aliphatic hydroxyl groups is 1. The maximum absolute atomic E-state index is 8.73. The van der Waals surface area contributed by atoms with Gasteiger partial charge in [-0.05, 0) is 63.1 Å². The molecule has 4 heterocycles. The van der Waals surface area contributed by atoms with Gasteiger partial charge in [0.2, 0.25) is 0 Å². The molecule has 3 aromatic heterocycles. The molecule has 1 N–H and O–H groups in total. The molecule has 0 amide bonds. The van der Waals surface area contributed by atoms with Crippen LogP contribution in [-0.2, 0) is 0 Å². The van der Waals surface area contributed by atoms with Crippen molar-refractivity contribution >= 4 is 11.4 Å². The highest BCUT2D eigenvalue weighted by Crippen LogP contribution is 2.19. The molecule has 0 saturated carbocycles. The fourth-order valence-electron chi connectivity index (χ4n) is 3.32. The Kier molecular flexibility index (Phi) is 8.06. The van der Waals surface area contributed by atoms with Gasteiger partial charge in [-0.25, -0.2) is 4.98 Å². The molecule has 0 fully saturated rings. The van der Waals surface area contributed by atoms with Gasteiger partial charge in [0.05, 0.1) is 18.0 Å². The van der Waals surface area contributed by atoms with E-state index in [0.717, 1.165) is 40.4 Å². The molecule has 5 heteroatoms. The van der Waals surface area contributed by atoms with Crippen molar-refractivity contribution in [3.8, 4) is 11.4 Å². The lowest BCUT2D eigenvalue weighted by Gasteiger charge is -2.02. The summed E-state index contributed by atoms with van der Waals surface area (Å²) in [6.07, 6.45) is 16.5. The summed E-state index contributed by atoms with van der Waals surface area (Å²) in [5.74, 6) is 0. The molecule has 0 bridgehead atoms. The van der Waals surface area contributed by atoms with Gasteiger partial charge in [0.15, 0.2) is 0 Å². The van der Waals surface area contributed by atoms with Crippen molar-refractivity contribution in [3.05, 3.63) is 102 Å². The molecule has 32 heavy (non-hydrogen) atoms. The molecule has 5 nitrogen and oxygen atoms in total. The van der Waals surface area contributed by atoms with E-state index >= 15 is 0 Å². The second kappa shape index (κ2) is 11.2. The summed E-state index contributed by atoms with van der Waals surface area (Å²) >= 11 is 0. The maximum Gasteiger partial charge on any atom is 0.140 e. The van der Waals surface area contributed by atoms with Gasteiger partial charge < -0.3 is 9.51 Å². The van der Waals surface area contributed by atoms with Crippen LogP contribution in [0, 0.1) is 13.8 Å². The molecule has 1 aliphatic heterocycles. The van der Waals surface area contributed by atoms with Gasteiger partial charge in [-0.2, -0.15) is 0 Å². The topological polar surface area (TPSA) is 62.8 Å². The van der Waals surface area contributed by atoms with Gasteiger partial charge in [0, 0.05) is 30.7 Å². The number of hydrogen-bond acceptors (Lipinski definition) is 4. The summed E-state index contributed by atoms with van der Waals surface area (Å²) in [6.45, 7) is 8.16. The lowest BCUT2D eigenvalue weighted by atomic mass is 10.1. The van der Waals surface area contributed by atoms with Gasteiger partial charge in [-0.1, -0.05) is 42.0 Å². The molecule has 3 aromatic rings. The summed E-state index contributed by atoms with van der Waals surface area (Å²) < 4.78 is 2.04. The lowest BCUT2D eigenvalue weighted by molar-refractivity contribution is 0.342. The first kappa shape index (κ1) is 23.1. The number of aromatic nitrogens is 3. The van der Waals surface area contributed by atoms with Crippen molar-refractivity contribution in [1.29, 1.82) is 0 Å². The Bertz CT molecular complexity index is 1220. The first-order valence-corrected chi connectivity index (χ1v) is 10.7. The van der Waals surface area contributed by atoms with Crippen LogP contribution in [0.3, 0.4) is 0 Å². The van der Waals surface area contributed by atoms with Crippen molar-refractivity contribution < 1.29 is 5.11 Å². The highest BCUT2D eigenvalue weighted by atomic mass is 16.2. The van der Waals surface area contributed by atoms with Crippen LogP contribution < -0.4 is 0 Å². The van der Waals surface area contributed by atoms with Crippen LogP contribution >= 0.6 is 0 Å². The molecule has 1 aliphatic rings. The van der Waals surface area contributed by atoms with Gasteiger partial charge >= 0.3 is 0 Å². The van der Waals surface area contributed by atoms with Crippen LogP contribution in [0.15, 0.2) is 95.4 Å². The highest BCUT2D eigenvalue weighted by Gasteiger charge is 2.07. The van der Waals surface area contributed by atoms with Crippen LogP contribution in [0.4, 0.5) is 0 Å². The van der Waals surface area contributed by atoms with E-state index < -0.39 is 0 Å². The number of rotatable bonds is 4. The Morgan fingerprint density at radius 3 is 2.66 bits per heavy atom. The molecule has 0 aliphatic carbocycles. The Balaban J connectivity index is 0.000000183. The summed E-state index contributed by atoms with van der Waals surface area (Å²) in [5.41, 5.74) is 8.36. The Labute approximate surface area is 189 Å². The summed E-state index contributed by atoms with van der Waals surface area (Å²) in [7, 11) is 0. The van der Waals surface area contributed by atoms with Crippen LogP contribution in [0.1, 0.15) is 31.5 Å². The van der Waals surface area contributed by atoms with E-state index in [1.807, 2.05) is 79.3 Å². The van der Waals surface area contributed by atoms with Crippen LogP contribution in [0.5, 0.6) is 0 Å². The van der Waals surface area contributed by atoms with E-state index in [0.29, 0.717) is 0 Å². The van der Waals surface area contributed by atoms with Gasteiger partial charge in [-0.3, -0.25) is 9.98 Å². The second-order valence-corrected chi connectivity index (χ2v) is 7.59. The minimum Gasteiger partial charge on any atom is -0.392 e. The normalized spacial score (nSPS) is 14.1. The quantitative estimate of drug-likeness (QED) is 0.536. The number of aliphatic hydroxyl groups excluding tert-OH is 1. The van der Waals surface area contributed by atoms with Crippen molar-refractivity contribution in [3.63, 3.8) is 0 Å². The minimum absolute atomic E-state index is 0.0648. The SMILES string of the molecule is C/C=C(\C=C/CO)C1=NC=CC(C)=CC1.Cc1cccc(-c2cn3cccc(C)c3n2)n1. The first-order chi connectivity index (χ1) is 15.5. The minimum atomic E-state index is 0.0648. The van der Waals surface area contributed by atoms with Crippen molar-refractivity contribution in [2.75, 3.05) is 6.61 Å². The zero-order valence-corrected chi connectivity index (χ0v) is 19.2. The Morgan fingerprint density at radius 2 is 1.94 bits per heavy atom. The maximum atomic E-state index is 8.73. The number of aliphatic imine (C=N–C) groups is 1. The molecular formula is C27H30N4O. The third-order valence-corrected chi connectivity index (χ3v) is 5.06. The third kappa shape index (κ3) is 5.99.